The van der Waals surface area contributed by atoms with E-state index in [0.29, 0.717) is 77.8 Å². The van der Waals surface area contributed by atoms with Gasteiger partial charge in [0, 0.05) is 79.3 Å². The first-order chi connectivity index (χ1) is 30.3. The van der Waals surface area contributed by atoms with E-state index in [4.69, 9.17) is 14.0 Å². The van der Waals surface area contributed by atoms with Gasteiger partial charge in [0.05, 0.1) is 31.2 Å². The van der Waals surface area contributed by atoms with E-state index >= 15 is 0 Å². The molecule has 1 aromatic rings. The van der Waals surface area contributed by atoms with Crippen LogP contribution in [0.5, 0.6) is 0 Å². The molecule has 1 saturated heterocycles. The van der Waals surface area contributed by atoms with Gasteiger partial charge in [-0.3, -0.25) is 9.59 Å². The van der Waals surface area contributed by atoms with Crippen molar-refractivity contribution in [1.29, 1.82) is 0 Å². The summed E-state index contributed by atoms with van der Waals surface area (Å²) in [5, 5.41) is 1.21. The number of nitrogens with zero attached hydrogens (tertiary/aromatic N) is 3. The number of carbonyl (C=O) groups excluding carboxylic acids is 3. The number of anilines is 1. The summed E-state index contributed by atoms with van der Waals surface area (Å²) in [5.74, 6) is -2.14. The minimum atomic E-state index is -4.91. The van der Waals surface area contributed by atoms with Crippen LogP contribution >= 0.6 is 0 Å². The topological polar surface area (TPSA) is 264 Å². The minimum absolute atomic E-state index is 0. The van der Waals surface area contributed by atoms with Crippen molar-refractivity contribution < 1.29 is 126 Å². The van der Waals surface area contributed by atoms with Crippen molar-refractivity contribution in [2.24, 2.45) is 0 Å². The van der Waals surface area contributed by atoms with Gasteiger partial charge in [-0.05, 0) is 91.6 Å². The van der Waals surface area contributed by atoms with Gasteiger partial charge in [-0.2, -0.15) is 0 Å². The van der Waals surface area contributed by atoms with Crippen LogP contribution in [0.25, 0.3) is 17.4 Å². The number of fused-ring (bicyclic) bond motifs is 2. The van der Waals surface area contributed by atoms with Crippen LogP contribution in [0, 0.1) is 0 Å². The SMILES string of the molecule is COCC[N+](CCCS(=O)(=O)[O-])=c1ccc2c(C(C)(C)C)cc(/C=C/C=C3/N(CCCCCC(=O)ON4C(=O)CCC4=O)c4ccc(S(=O)(=O)[O-])cc4C3(C)CCCS(=O)(=O)[O-])oc-2c1.[Na+].[Na+]. The van der Waals surface area contributed by atoms with Crippen molar-refractivity contribution in [2.75, 3.05) is 49.8 Å². The van der Waals surface area contributed by atoms with E-state index in [2.05, 4.69) is 20.8 Å². The number of methoxy groups -OCH3 is 1. The number of benzene rings is 2. The predicted octanol–water partition coefficient (Wildman–Crippen LogP) is -1.88. The van der Waals surface area contributed by atoms with Crippen LogP contribution in [0.3, 0.4) is 0 Å². The fraction of sp³-hybridized carbons (Fsp3) is 0.500. The summed E-state index contributed by atoms with van der Waals surface area (Å²) in [6.45, 7) is 9.27. The summed E-state index contributed by atoms with van der Waals surface area (Å²) < 4.78 is 120. The molecular formula is C44H55N3Na2O15S3. The van der Waals surface area contributed by atoms with Crippen LogP contribution in [0.1, 0.15) is 102 Å². The third-order valence-corrected chi connectivity index (χ3v) is 13.8. The Kier molecular flexibility index (Phi) is 21.3. The largest absolute Gasteiger partial charge is 1.00 e. The minimum Gasteiger partial charge on any atom is -0.748 e. The Bertz CT molecular complexity index is 2720. The summed E-state index contributed by atoms with van der Waals surface area (Å²) in [6, 6.07) is 11.5. The number of carbonyl (C=O) groups is 3. The third-order valence-electron chi connectivity index (χ3n) is 11.4. The van der Waals surface area contributed by atoms with Gasteiger partial charge in [-0.25, -0.2) is 34.6 Å². The van der Waals surface area contributed by atoms with Crippen LogP contribution in [0.15, 0.2) is 69.6 Å². The number of rotatable bonds is 21. The molecule has 1 aliphatic carbocycles. The molecule has 2 amide bonds. The summed E-state index contributed by atoms with van der Waals surface area (Å²) in [5.41, 5.74) is 1.91. The van der Waals surface area contributed by atoms with Crippen LogP contribution in [-0.2, 0) is 65.1 Å². The molecule has 1 atom stereocenters. The Morgan fingerprint density at radius 2 is 1.52 bits per heavy atom. The second-order valence-electron chi connectivity index (χ2n) is 17.3. The number of amides is 2. The molecule has 0 saturated carbocycles. The van der Waals surface area contributed by atoms with Gasteiger partial charge in [0.2, 0.25) is 5.36 Å². The van der Waals surface area contributed by atoms with Gasteiger partial charge in [-0.1, -0.05) is 33.3 Å². The summed E-state index contributed by atoms with van der Waals surface area (Å²) in [6.07, 6.45) is 6.52. The number of imide groups is 1. The molecular weight excluding hydrogens is 953 g/mol. The Balaban J connectivity index is 0.00000595. The van der Waals surface area contributed by atoms with Gasteiger partial charge < -0.3 is 32.5 Å². The Morgan fingerprint density at radius 3 is 2.13 bits per heavy atom. The first kappa shape index (κ1) is 58.5. The van der Waals surface area contributed by atoms with Crippen LogP contribution in [0.4, 0.5) is 5.69 Å². The molecule has 0 radical (unpaired) electrons. The standard InChI is InChI=1S/C44H57N3O15S3.2Na/c1-43(2,3)35-29-32(61-38-28-31(15-17-34(35)38)45(24-25-60-5)22-11-27-64(54,55)56)12-9-13-39-44(4,21-10-26-63(51,52)53)36-30-33(65(57,58)59)16-18-37(36)46(39)23-8-6-7-14-42(50)62-47-40(48)19-20-41(47)49;;/h9,12-13,15-18,28-30H,6-8,10-11,14,19-27H2,1-5H3,(H2-,51,52,53,54,55,56,57,58,59);;/q;2*+1/p-2. The number of hydrogen-bond donors (Lipinski definition) is 0. The first-order valence-corrected chi connectivity index (χ1v) is 25.7. The molecule has 4 aliphatic rings. The quantitative estimate of drug-likeness (QED) is 0.0372. The van der Waals surface area contributed by atoms with Crippen molar-refractivity contribution in [3.63, 3.8) is 0 Å². The average Bonchev–Trinajstić information content (AvgIpc) is 3.63. The predicted molar refractivity (Wildman–Crippen MR) is 236 cm³/mol. The molecule has 0 aromatic heterocycles. The summed E-state index contributed by atoms with van der Waals surface area (Å²) in [4.78, 5) is 42.6. The molecule has 3 heterocycles. The van der Waals surface area contributed by atoms with E-state index in [0.717, 1.165) is 11.1 Å². The average molecular weight is 1010 g/mol. The zero-order valence-electron chi connectivity index (χ0n) is 39.1. The number of ether oxygens (including phenoxy) is 1. The fourth-order valence-electron chi connectivity index (χ4n) is 8.15. The smallest absolute Gasteiger partial charge is 0.748 e. The molecule has 1 unspecified atom stereocenters. The number of hydrogen-bond acceptors (Lipinski definition) is 16. The molecule has 1 aromatic carbocycles. The molecule has 0 spiro atoms. The summed E-state index contributed by atoms with van der Waals surface area (Å²) >= 11 is 0. The van der Waals surface area contributed by atoms with Gasteiger partial charge >= 0.3 is 65.1 Å². The van der Waals surface area contributed by atoms with E-state index in [1.807, 2.05) is 33.7 Å². The molecule has 3 aliphatic heterocycles. The number of hydroxylamine groups is 2. The second kappa shape index (κ2) is 24.4. The van der Waals surface area contributed by atoms with E-state index < -0.39 is 70.0 Å². The third kappa shape index (κ3) is 16.1. The monoisotopic (exact) mass is 1010 g/mol. The van der Waals surface area contributed by atoms with Gasteiger partial charge in [0.1, 0.15) is 34.8 Å². The maximum Gasteiger partial charge on any atom is 1.00 e. The van der Waals surface area contributed by atoms with Gasteiger partial charge in [0.25, 0.3) is 11.8 Å². The molecule has 67 heavy (non-hydrogen) atoms. The van der Waals surface area contributed by atoms with Crippen LogP contribution in [0.2, 0.25) is 0 Å². The van der Waals surface area contributed by atoms with E-state index in [1.54, 1.807) is 32.3 Å². The number of allylic oxidation sites excluding steroid dienone is 3. The molecule has 356 valence electrons. The van der Waals surface area contributed by atoms with Gasteiger partial charge in [0.15, 0.2) is 6.54 Å². The Labute approximate surface area is 437 Å². The van der Waals surface area contributed by atoms with Crippen molar-refractivity contribution in [3.05, 3.63) is 82.6 Å². The van der Waals surface area contributed by atoms with Crippen molar-refractivity contribution in [1.82, 2.24) is 9.64 Å². The summed E-state index contributed by atoms with van der Waals surface area (Å²) in [7, 11) is -12.4. The van der Waals surface area contributed by atoms with Crippen molar-refractivity contribution in [3.8, 4) is 11.3 Å². The van der Waals surface area contributed by atoms with Crippen molar-refractivity contribution >= 4 is 59.9 Å². The van der Waals surface area contributed by atoms with Crippen molar-refractivity contribution in [2.45, 2.75) is 101 Å². The van der Waals surface area contributed by atoms with Crippen LogP contribution < -0.4 is 73.9 Å². The van der Waals surface area contributed by atoms with Gasteiger partial charge in [-0.15, -0.1) is 5.06 Å². The maximum atomic E-state index is 12.5. The zero-order chi connectivity index (χ0) is 48.0. The normalized spacial score (nSPS) is 17.8. The second-order valence-corrected chi connectivity index (χ2v) is 21.8. The van der Waals surface area contributed by atoms with E-state index in [1.165, 1.54) is 18.2 Å². The number of unbranched alkanes of at least 4 members (excludes halogenated alkanes) is 2. The first-order valence-electron chi connectivity index (χ1n) is 21.2. The molecule has 1 fully saturated rings. The van der Waals surface area contributed by atoms with E-state index in [9.17, 15) is 53.3 Å². The molecule has 18 nitrogen and oxygen atoms in total. The van der Waals surface area contributed by atoms with Crippen LogP contribution in [-0.4, -0.2) is 107 Å². The maximum absolute atomic E-state index is 12.5. The molecule has 5 rings (SSSR count). The molecule has 23 heteroatoms. The Hall–Kier alpha value is -2.77. The molecule has 0 bridgehead atoms. The van der Waals surface area contributed by atoms with E-state index in [-0.39, 0.29) is 110 Å². The molecule has 0 N–H and O–H groups in total. The fourth-order valence-corrected chi connectivity index (χ4v) is 9.62. The Morgan fingerprint density at radius 1 is 0.866 bits per heavy atom. The zero-order valence-corrected chi connectivity index (χ0v) is 45.5.